The Morgan fingerprint density at radius 1 is 1.04 bits per heavy atom. The molecular formula is C17H12F5NO4. The summed E-state index contributed by atoms with van der Waals surface area (Å²) in [6, 6.07) is 6.07. The Kier molecular flexibility index (Phi) is 6.32. The van der Waals surface area contributed by atoms with E-state index in [1.54, 1.807) is 0 Å². The first-order valence-electron chi connectivity index (χ1n) is 7.39. The van der Waals surface area contributed by atoms with E-state index < -0.39 is 47.7 Å². The zero-order valence-corrected chi connectivity index (χ0v) is 13.6. The zero-order valence-electron chi connectivity index (χ0n) is 13.6. The van der Waals surface area contributed by atoms with Gasteiger partial charge in [0.1, 0.15) is 5.75 Å². The molecule has 0 radical (unpaired) electrons. The second-order valence-electron chi connectivity index (χ2n) is 5.17. The minimum absolute atomic E-state index is 0.174. The van der Waals surface area contributed by atoms with Gasteiger partial charge in [-0.2, -0.15) is 8.78 Å². The van der Waals surface area contributed by atoms with E-state index in [4.69, 9.17) is 4.74 Å². The first kappa shape index (κ1) is 20.1. The van der Waals surface area contributed by atoms with Gasteiger partial charge >= 0.3 is 12.6 Å². The third-order valence-corrected chi connectivity index (χ3v) is 3.24. The number of esters is 1. The third kappa shape index (κ3) is 5.16. The van der Waals surface area contributed by atoms with Gasteiger partial charge in [-0.1, -0.05) is 6.07 Å². The Morgan fingerprint density at radius 2 is 1.74 bits per heavy atom. The maximum atomic E-state index is 13.5. The van der Waals surface area contributed by atoms with Gasteiger partial charge in [-0.05, 0) is 37.3 Å². The lowest BCUT2D eigenvalue weighted by atomic mass is 10.2. The fourth-order valence-corrected chi connectivity index (χ4v) is 1.94. The molecule has 2 rings (SSSR count). The lowest BCUT2D eigenvalue weighted by Crippen LogP contribution is -2.30. The van der Waals surface area contributed by atoms with E-state index in [0.29, 0.717) is 6.07 Å². The van der Waals surface area contributed by atoms with Crippen LogP contribution in [0.2, 0.25) is 0 Å². The molecule has 0 saturated heterocycles. The smallest absolute Gasteiger partial charge is 0.387 e. The predicted molar refractivity (Wildman–Crippen MR) is 82.9 cm³/mol. The molecule has 0 unspecified atom stereocenters. The van der Waals surface area contributed by atoms with Crippen LogP contribution in [0.15, 0.2) is 36.4 Å². The van der Waals surface area contributed by atoms with Gasteiger partial charge in [0.05, 0.1) is 11.3 Å². The van der Waals surface area contributed by atoms with Gasteiger partial charge in [0.25, 0.3) is 5.91 Å². The molecule has 27 heavy (non-hydrogen) atoms. The highest BCUT2D eigenvalue weighted by molar-refractivity contribution is 5.97. The number of alkyl halides is 2. The molecule has 0 heterocycles. The monoisotopic (exact) mass is 389 g/mol. The molecule has 0 aliphatic rings. The Labute approximate surface area is 149 Å². The highest BCUT2D eigenvalue weighted by Crippen LogP contribution is 2.20. The van der Waals surface area contributed by atoms with Crippen LogP contribution in [0.4, 0.5) is 27.6 Å². The van der Waals surface area contributed by atoms with Crippen LogP contribution >= 0.6 is 0 Å². The maximum absolute atomic E-state index is 13.5. The van der Waals surface area contributed by atoms with Crippen LogP contribution in [0.5, 0.6) is 5.75 Å². The first-order valence-corrected chi connectivity index (χ1v) is 7.39. The standard InChI is InChI=1S/C17H12F5NO4/c1-8(15(24)23-12-6-5-11(18)13(19)14(12)20)26-16(25)9-3-2-4-10(7-9)27-17(21)22/h2-8,17H,1H3,(H,23,24)/t8-/m1/s1. The molecule has 0 bridgehead atoms. The number of benzene rings is 2. The minimum Gasteiger partial charge on any atom is -0.449 e. The molecule has 0 aromatic heterocycles. The molecule has 0 fully saturated rings. The second-order valence-corrected chi connectivity index (χ2v) is 5.17. The number of halogens is 5. The van der Waals surface area contributed by atoms with Gasteiger partial charge in [-0.15, -0.1) is 0 Å². The van der Waals surface area contributed by atoms with E-state index in [9.17, 15) is 31.5 Å². The van der Waals surface area contributed by atoms with Crippen molar-refractivity contribution in [3.8, 4) is 5.75 Å². The van der Waals surface area contributed by atoms with Crippen molar-refractivity contribution >= 4 is 17.6 Å². The van der Waals surface area contributed by atoms with Crippen LogP contribution in [0.25, 0.3) is 0 Å². The van der Waals surface area contributed by atoms with Crippen molar-refractivity contribution in [1.29, 1.82) is 0 Å². The highest BCUT2D eigenvalue weighted by atomic mass is 19.3. The van der Waals surface area contributed by atoms with Gasteiger partial charge in [-0.25, -0.2) is 18.0 Å². The van der Waals surface area contributed by atoms with E-state index in [2.05, 4.69) is 4.74 Å². The van der Waals surface area contributed by atoms with E-state index in [-0.39, 0.29) is 11.3 Å². The van der Waals surface area contributed by atoms with E-state index in [0.717, 1.165) is 19.1 Å². The van der Waals surface area contributed by atoms with Crippen LogP contribution in [0.1, 0.15) is 17.3 Å². The Bertz CT molecular complexity index is 859. The topological polar surface area (TPSA) is 64.6 Å². The largest absolute Gasteiger partial charge is 0.449 e. The molecule has 10 heteroatoms. The zero-order chi connectivity index (χ0) is 20.1. The quantitative estimate of drug-likeness (QED) is 0.463. The first-order chi connectivity index (χ1) is 12.7. The van der Waals surface area contributed by atoms with Crippen LogP contribution in [-0.2, 0) is 9.53 Å². The summed E-state index contributed by atoms with van der Waals surface area (Å²) in [5.74, 6) is -7.17. The average molecular weight is 389 g/mol. The molecule has 2 aromatic rings. The Morgan fingerprint density at radius 3 is 2.41 bits per heavy atom. The summed E-state index contributed by atoms with van der Waals surface area (Å²) in [5.41, 5.74) is -0.819. The maximum Gasteiger partial charge on any atom is 0.387 e. The minimum atomic E-state index is -3.09. The molecule has 0 aliphatic carbocycles. The van der Waals surface area contributed by atoms with Crippen LogP contribution in [0.3, 0.4) is 0 Å². The molecule has 5 nitrogen and oxygen atoms in total. The molecule has 0 spiro atoms. The highest BCUT2D eigenvalue weighted by Gasteiger charge is 2.22. The van der Waals surface area contributed by atoms with Crippen molar-refractivity contribution in [3.63, 3.8) is 0 Å². The molecule has 1 atom stereocenters. The number of hydrogen-bond donors (Lipinski definition) is 1. The number of anilines is 1. The molecule has 2 aromatic carbocycles. The summed E-state index contributed by atoms with van der Waals surface area (Å²) in [6.45, 7) is -1.95. The summed E-state index contributed by atoms with van der Waals surface area (Å²) < 4.78 is 72.9. The number of ether oxygens (including phenoxy) is 2. The van der Waals surface area contributed by atoms with Crippen LogP contribution < -0.4 is 10.1 Å². The summed E-state index contributed by atoms with van der Waals surface area (Å²) in [7, 11) is 0. The third-order valence-electron chi connectivity index (χ3n) is 3.24. The number of carbonyl (C=O) groups is 2. The molecular weight excluding hydrogens is 377 g/mol. The molecule has 0 aliphatic heterocycles. The van der Waals surface area contributed by atoms with E-state index >= 15 is 0 Å². The molecule has 144 valence electrons. The normalized spacial score (nSPS) is 11.8. The lowest BCUT2D eigenvalue weighted by Gasteiger charge is -2.14. The predicted octanol–water partition coefficient (Wildman–Crippen LogP) is 3.89. The summed E-state index contributed by atoms with van der Waals surface area (Å²) >= 11 is 0. The number of hydrogen-bond acceptors (Lipinski definition) is 4. The average Bonchev–Trinajstić information content (AvgIpc) is 2.61. The second kappa shape index (κ2) is 8.47. The van der Waals surface area contributed by atoms with Crippen molar-refractivity contribution in [2.24, 2.45) is 0 Å². The van der Waals surface area contributed by atoms with Gasteiger partial charge in [-0.3, -0.25) is 4.79 Å². The van der Waals surface area contributed by atoms with Crippen LogP contribution in [0, 0.1) is 17.5 Å². The lowest BCUT2D eigenvalue weighted by molar-refractivity contribution is -0.123. The van der Waals surface area contributed by atoms with Crippen LogP contribution in [-0.4, -0.2) is 24.6 Å². The summed E-state index contributed by atoms with van der Waals surface area (Å²) in [4.78, 5) is 23.9. The summed E-state index contributed by atoms with van der Waals surface area (Å²) in [6.07, 6.45) is -1.45. The van der Waals surface area contributed by atoms with Crippen molar-refractivity contribution < 1.29 is 41.0 Å². The van der Waals surface area contributed by atoms with Gasteiger partial charge < -0.3 is 14.8 Å². The number of amides is 1. The molecule has 0 saturated carbocycles. The van der Waals surface area contributed by atoms with Crippen molar-refractivity contribution in [3.05, 3.63) is 59.4 Å². The summed E-state index contributed by atoms with van der Waals surface area (Å²) in [5, 5.41) is 1.95. The van der Waals surface area contributed by atoms with Gasteiger partial charge in [0.2, 0.25) is 0 Å². The number of nitrogens with one attached hydrogen (secondary N) is 1. The van der Waals surface area contributed by atoms with E-state index in [1.165, 1.54) is 18.2 Å². The number of rotatable bonds is 6. The molecule has 1 N–H and O–H groups in total. The fraction of sp³-hybridized carbons (Fsp3) is 0.176. The molecule has 1 amide bonds. The van der Waals surface area contributed by atoms with Gasteiger partial charge in [0, 0.05) is 0 Å². The van der Waals surface area contributed by atoms with E-state index in [1.807, 2.05) is 5.32 Å². The van der Waals surface area contributed by atoms with Crippen molar-refractivity contribution in [2.75, 3.05) is 5.32 Å². The van der Waals surface area contributed by atoms with Crippen molar-refractivity contribution in [2.45, 2.75) is 19.6 Å². The number of carbonyl (C=O) groups excluding carboxylic acids is 2. The Balaban J connectivity index is 2.04. The Hall–Kier alpha value is -3.17. The fourth-order valence-electron chi connectivity index (χ4n) is 1.94. The van der Waals surface area contributed by atoms with Gasteiger partial charge in [0.15, 0.2) is 23.6 Å². The SMILES string of the molecule is C[C@@H](OC(=O)c1cccc(OC(F)F)c1)C(=O)Nc1ccc(F)c(F)c1F. The van der Waals surface area contributed by atoms with Crippen molar-refractivity contribution in [1.82, 2.24) is 0 Å².